The molecule has 0 bridgehead atoms. The normalized spacial score (nSPS) is 14.7. The zero-order valence-electron chi connectivity index (χ0n) is 17.7. The standard InChI is InChI=1S/C24H22N8/c1-26-11-17-12-30(13-17)21-6-7-22-20(8-21)15-31-14-19(18-4-2-16(10-25)3-5-18)9-23(31)24-27-28-29-32(22)24/h2-9,14,17,26H,11-13,15H2,1H3. The molecule has 0 spiro atoms. The van der Waals surface area contributed by atoms with Crippen LogP contribution in [0.1, 0.15) is 11.1 Å². The van der Waals surface area contributed by atoms with Crippen molar-refractivity contribution in [2.45, 2.75) is 6.54 Å². The number of hydrogen-bond acceptors (Lipinski definition) is 6. The number of hydrogen-bond donors (Lipinski definition) is 1. The highest BCUT2D eigenvalue weighted by Crippen LogP contribution is 2.35. The first-order valence-electron chi connectivity index (χ1n) is 10.8. The number of aromatic nitrogens is 5. The van der Waals surface area contributed by atoms with E-state index < -0.39 is 0 Å². The van der Waals surface area contributed by atoms with Gasteiger partial charge in [-0.15, -0.1) is 5.10 Å². The molecule has 32 heavy (non-hydrogen) atoms. The maximum absolute atomic E-state index is 9.08. The van der Waals surface area contributed by atoms with Gasteiger partial charge in [-0.1, -0.05) is 12.1 Å². The lowest BCUT2D eigenvalue weighted by atomic mass is 9.98. The highest BCUT2D eigenvalue weighted by atomic mass is 15.5. The summed E-state index contributed by atoms with van der Waals surface area (Å²) >= 11 is 0. The molecular formula is C24H22N8. The van der Waals surface area contributed by atoms with Crippen LogP contribution < -0.4 is 10.2 Å². The number of rotatable bonds is 4. The average Bonchev–Trinajstić information content (AvgIpc) is 3.41. The van der Waals surface area contributed by atoms with Crippen LogP contribution in [-0.2, 0) is 6.54 Å². The summed E-state index contributed by atoms with van der Waals surface area (Å²) in [5.74, 6) is 1.44. The zero-order valence-corrected chi connectivity index (χ0v) is 17.7. The van der Waals surface area contributed by atoms with Gasteiger partial charge in [0.1, 0.15) is 0 Å². The second-order valence-electron chi connectivity index (χ2n) is 8.49. The molecule has 1 fully saturated rings. The molecule has 0 atom stereocenters. The van der Waals surface area contributed by atoms with Crippen molar-refractivity contribution in [1.82, 2.24) is 30.1 Å². The number of benzene rings is 2. The molecule has 1 saturated heterocycles. The van der Waals surface area contributed by atoms with Crippen molar-refractivity contribution in [3.05, 3.63) is 65.9 Å². The fraction of sp³-hybridized carbons (Fsp3) is 0.250. The van der Waals surface area contributed by atoms with E-state index in [1.54, 1.807) is 0 Å². The van der Waals surface area contributed by atoms with Crippen molar-refractivity contribution in [1.29, 1.82) is 5.26 Å². The van der Waals surface area contributed by atoms with Gasteiger partial charge >= 0.3 is 0 Å². The minimum absolute atomic E-state index is 0.655. The number of nitrogens with zero attached hydrogens (tertiary/aromatic N) is 7. The zero-order chi connectivity index (χ0) is 21.7. The summed E-state index contributed by atoms with van der Waals surface area (Å²) < 4.78 is 4.05. The Balaban J connectivity index is 1.38. The third-order valence-corrected chi connectivity index (χ3v) is 6.39. The molecule has 4 aromatic rings. The number of nitriles is 1. The Bertz CT molecular complexity index is 1340. The Labute approximate surface area is 185 Å². The van der Waals surface area contributed by atoms with Gasteiger partial charge in [0, 0.05) is 49.5 Å². The monoisotopic (exact) mass is 422 g/mol. The first-order valence-corrected chi connectivity index (χ1v) is 10.8. The summed E-state index contributed by atoms with van der Waals surface area (Å²) in [7, 11) is 2.01. The summed E-state index contributed by atoms with van der Waals surface area (Å²) in [6.07, 6.45) is 2.14. The summed E-state index contributed by atoms with van der Waals surface area (Å²) in [5.41, 5.74) is 7.23. The molecule has 2 aromatic heterocycles. The van der Waals surface area contributed by atoms with Crippen LogP contribution in [-0.4, -0.2) is 51.5 Å². The smallest absolute Gasteiger partial charge is 0.203 e. The third kappa shape index (κ3) is 2.98. The fourth-order valence-electron chi connectivity index (χ4n) is 4.72. The van der Waals surface area contributed by atoms with Gasteiger partial charge < -0.3 is 14.8 Å². The Kier molecular flexibility index (Phi) is 4.30. The van der Waals surface area contributed by atoms with Crippen LogP contribution in [0.15, 0.2) is 54.7 Å². The van der Waals surface area contributed by atoms with Crippen LogP contribution in [0.2, 0.25) is 0 Å². The molecule has 4 heterocycles. The van der Waals surface area contributed by atoms with Gasteiger partial charge in [-0.2, -0.15) is 9.94 Å². The largest absolute Gasteiger partial charge is 0.371 e. The van der Waals surface area contributed by atoms with Crippen molar-refractivity contribution >= 4 is 5.69 Å². The first kappa shape index (κ1) is 18.8. The van der Waals surface area contributed by atoms with Crippen LogP contribution >= 0.6 is 0 Å². The molecule has 2 aromatic carbocycles. The van der Waals surface area contributed by atoms with E-state index in [0.717, 1.165) is 54.5 Å². The molecule has 158 valence electrons. The van der Waals surface area contributed by atoms with Gasteiger partial charge in [-0.05, 0) is 65.0 Å². The molecule has 2 aliphatic rings. The summed E-state index contributed by atoms with van der Waals surface area (Å²) in [4.78, 5) is 2.42. The van der Waals surface area contributed by atoms with Gasteiger partial charge in [0.2, 0.25) is 5.82 Å². The lowest BCUT2D eigenvalue weighted by Crippen LogP contribution is -2.50. The Morgan fingerprint density at radius 2 is 1.94 bits per heavy atom. The van der Waals surface area contributed by atoms with Crippen molar-refractivity contribution < 1.29 is 0 Å². The summed E-state index contributed by atoms with van der Waals surface area (Å²) in [5, 5.41) is 24.9. The Hall–Kier alpha value is -3.96. The lowest BCUT2D eigenvalue weighted by Gasteiger charge is -2.41. The van der Waals surface area contributed by atoms with E-state index in [0.29, 0.717) is 11.5 Å². The van der Waals surface area contributed by atoms with Gasteiger partial charge in [0.25, 0.3) is 0 Å². The van der Waals surface area contributed by atoms with Crippen LogP contribution in [0, 0.1) is 17.2 Å². The molecule has 8 heteroatoms. The van der Waals surface area contributed by atoms with Crippen LogP contribution in [0.5, 0.6) is 0 Å². The fourth-order valence-corrected chi connectivity index (χ4v) is 4.72. The van der Waals surface area contributed by atoms with E-state index >= 15 is 0 Å². The maximum atomic E-state index is 9.08. The predicted molar refractivity (Wildman–Crippen MR) is 121 cm³/mol. The SMILES string of the molecule is CNCC1CN(c2ccc3c(c2)Cn2cc(-c4ccc(C#N)cc4)cc2-c2nnnn2-3)C1. The summed E-state index contributed by atoms with van der Waals surface area (Å²) in [6, 6.07) is 18.5. The number of nitrogens with one attached hydrogen (secondary N) is 1. The van der Waals surface area contributed by atoms with Crippen molar-refractivity contribution in [2.75, 3.05) is 31.6 Å². The van der Waals surface area contributed by atoms with Gasteiger partial charge in [0.05, 0.1) is 23.0 Å². The molecular weight excluding hydrogens is 400 g/mol. The van der Waals surface area contributed by atoms with Crippen molar-refractivity contribution in [3.8, 4) is 34.4 Å². The average molecular weight is 422 g/mol. The van der Waals surface area contributed by atoms with E-state index in [4.69, 9.17) is 5.26 Å². The quantitative estimate of drug-likeness (QED) is 0.479. The Morgan fingerprint density at radius 1 is 1.09 bits per heavy atom. The molecule has 0 saturated carbocycles. The second-order valence-corrected chi connectivity index (χ2v) is 8.49. The number of anilines is 1. The van der Waals surface area contributed by atoms with Crippen LogP contribution in [0.3, 0.4) is 0 Å². The topological polar surface area (TPSA) is 87.6 Å². The molecule has 2 aliphatic heterocycles. The number of tetrazole rings is 1. The van der Waals surface area contributed by atoms with Gasteiger partial charge in [0.15, 0.2) is 0 Å². The Morgan fingerprint density at radius 3 is 2.72 bits per heavy atom. The highest BCUT2D eigenvalue weighted by molar-refractivity contribution is 5.72. The van der Waals surface area contributed by atoms with E-state index in [1.165, 1.54) is 11.3 Å². The van der Waals surface area contributed by atoms with Gasteiger partial charge in [-0.25, -0.2) is 0 Å². The van der Waals surface area contributed by atoms with E-state index in [1.807, 2.05) is 36.0 Å². The molecule has 0 aliphatic carbocycles. The van der Waals surface area contributed by atoms with E-state index in [2.05, 4.69) is 66.8 Å². The maximum Gasteiger partial charge on any atom is 0.203 e. The van der Waals surface area contributed by atoms with Crippen LogP contribution in [0.4, 0.5) is 5.69 Å². The molecule has 6 rings (SSSR count). The van der Waals surface area contributed by atoms with Gasteiger partial charge in [-0.3, -0.25) is 0 Å². The summed E-state index contributed by atoms with van der Waals surface area (Å²) in [6.45, 7) is 3.94. The lowest BCUT2D eigenvalue weighted by molar-refractivity contribution is 0.397. The second kappa shape index (κ2) is 7.32. The minimum Gasteiger partial charge on any atom is -0.371 e. The predicted octanol–water partition coefficient (Wildman–Crippen LogP) is 2.69. The molecule has 8 nitrogen and oxygen atoms in total. The first-order chi connectivity index (χ1) is 15.7. The molecule has 1 N–H and O–H groups in total. The van der Waals surface area contributed by atoms with Crippen molar-refractivity contribution in [2.24, 2.45) is 5.92 Å². The van der Waals surface area contributed by atoms with Crippen molar-refractivity contribution in [3.63, 3.8) is 0 Å². The number of fused-ring (bicyclic) bond motifs is 5. The minimum atomic E-state index is 0.655. The molecule has 0 unspecified atom stereocenters. The van der Waals surface area contributed by atoms with E-state index in [-0.39, 0.29) is 0 Å². The molecule has 0 radical (unpaired) electrons. The molecule has 0 amide bonds. The highest BCUT2D eigenvalue weighted by Gasteiger charge is 2.28. The van der Waals surface area contributed by atoms with E-state index in [9.17, 15) is 0 Å². The third-order valence-electron chi connectivity index (χ3n) is 6.39. The van der Waals surface area contributed by atoms with Crippen LogP contribution in [0.25, 0.3) is 28.3 Å².